The van der Waals surface area contributed by atoms with Crippen LogP contribution in [-0.2, 0) is 9.59 Å². The van der Waals surface area contributed by atoms with Crippen molar-refractivity contribution in [3.05, 3.63) is 11.1 Å². The molecule has 2 atom stereocenters. The second-order valence-electron chi connectivity index (χ2n) is 3.74. The average molecular weight is 198 g/mol. The van der Waals surface area contributed by atoms with Gasteiger partial charge < -0.3 is 10.2 Å². The number of carboxylic acids is 2. The molecule has 1 aliphatic carbocycles. The number of aliphatic carboxylic acids is 2. The van der Waals surface area contributed by atoms with Gasteiger partial charge in [0.1, 0.15) is 0 Å². The van der Waals surface area contributed by atoms with E-state index >= 15 is 0 Å². The first kappa shape index (κ1) is 10.8. The molecule has 14 heavy (non-hydrogen) atoms. The van der Waals surface area contributed by atoms with E-state index in [-0.39, 0.29) is 5.92 Å². The highest BCUT2D eigenvalue weighted by Gasteiger charge is 2.32. The Kier molecular flexibility index (Phi) is 2.93. The van der Waals surface area contributed by atoms with Crippen LogP contribution in [0, 0.1) is 11.8 Å². The Labute approximate surface area is 82.2 Å². The van der Waals surface area contributed by atoms with Crippen molar-refractivity contribution in [3.8, 4) is 0 Å². The van der Waals surface area contributed by atoms with E-state index in [4.69, 9.17) is 10.2 Å². The summed E-state index contributed by atoms with van der Waals surface area (Å²) >= 11 is 0. The summed E-state index contributed by atoms with van der Waals surface area (Å²) in [5, 5.41) is 17.7. The third kappa shape index (κ3) is 1.78. The first-order valence-electron chi connectivity index (χ1n) is 4.61. The molecule has 78 valence electrons. The van der Waals surface area contributed by atoms with Crippen LogP contribution in [0.15, 0.2) is 11.1 Å². The molecule has 0 aromatic rings. The van der Waals surface area contributed by atoms with E-state index in [9.17, 15) is 9.59 Å². The zero-order chi connectivity index (χ0) is 10.9. The number of allylic oxidation sites excluding steroid dienone is 1. The molecule has 0 aromatic heterocycles. The second kappa shape index (κ2) is 3.82. The lowest BCUT2D eigenvalue weighted by atomic mass is 9.76. The first-order chi connectivity index (χ1) is 6.45. The molecule has 0 saturated heterocycles. The molecular formula is C10H14O4. The average Bonchev–Trinajstić information content (AvgIpc) is 2.08. The summed E-state index contributed by atoms with van der Waals surface area (Å²) in [5.41, 5.74) is 1.09. The van der Waals surface area contributed by atoms with Crippen molar-refractivity contribution in [3.63, 3.8) is 0 Å². The van der Waals surface area contributed by atoms with Crippen molar-refractivity contribution in [2.75, 3.05) is 0 Å². The van der Waals surface area contributed by atoms with Gasteiger partial charge >= 0.3 is 11.9 Å². The molecule has 0 spiro atoms. The molecule has 0 bridgehead atoms. The molecule has 0 aliphatic heterocycles. The number of hydrogen-bond donors (Lipinski definition) is 2. The molecular weight excluding hydrogens is 184 g/mol. The van der Waals surface area contributed by atoms with Crippen molar-refractivity contribution >= 4 is 11.9 Å². The number of carboxylic acid groups (broad SMARTS) is 2. The van der Waals surface area contributed by atoms with Gasteiger partial charge in [0.2, 0.25) is 0 Å². The smallest absolute Gasteiger partial charge is 0.331 e. The SMILES string of the molecule is CC1=C(C(=O)O)CCC(C(=O)O)C1C. The maximum absolute atomic E-state index is 10.8. The van der Waals surface area contributed by atoms with Gasteiger partial charge in [0.05, 0.1) is 5.92 Å². The fraction of sp³-hybridized carbons (Fsp3) is 0.600. The highest BCUT2D eigenvalue weighted by atomic mass is 16.4. The minimum Gasteiger partial charge on any atom is -0.481 e. The Bertz CT molecular complexity index is 303. The van der Waals surface area contributed by atoms with Gasteiger partial charge in [-0.25, -0.2) is 4.79 Å². The summed E-state index contributed by atoms with van der Waals surface area (Å²) in [5.74, 6) is -2.36. The summed E-state index contributed by atoms with van der Waals surface area (Å²) in [6.07, 6.45) is 0.790. The van der Waals surface area contributed by atoms with Gasteiger partial charge in [0.15, 0.2) is 0 Å². The Morgan fingerprint density at radius 2 is 1.93 bits per heavy atom. The zero-order valence-electron chi connectivity index (χ0n) is 8.28. The fourth-order valence-electron chi connectivity index (χ4n) is 1.94. The summed E-state index contributed by atoms with van der Waals surface area (Å²) in [6.45, 7) is 3.49. The lowest BCUT2D eigenvalue weighted by molar-refractivity contribution is -0.144. The monoisotopic (exact) mass is 198 g/mol. The molecule has 0 amide bonds. The van der Waals surface area contributed by atoms with E-state index in [0.29, 0.717) is 24.0 Å². The van der Waals surface area contributed by atoms with Crippen LogP contribution in [0.1, 0.15) is 26.7 Å². The molecule has 2 N–H and O–H groups in total. The Morgan fingerprint density at radius 1 is 1.36 bits per heavy atom. The lowest BCUT2D eigenvalue weighted by Crippen LogP contribution is -2.28. The molecule has 0 fully saturated rings. The summed E-state index contributed by atoms with van der Waals surface area (Å²) < 4.78 is 0. The normalized spacial score (nSPS) is 27.6. The van der Waals surface area contributed by atoms with E-state index in [1.54, 1.807) is 13.8 Å². The van der Waals surface area contributed by atoms with E-state index in [1.807, 2.05) is 0 Å². The number of carbonyl (C=O) groups is 2. The summed E-state index contributed by atoms with van der Waals surface area (Å²) in [7, 11) is 0. The van der Waals surface area contributed by atoms with Crippen LogP contribution in [-0.4, -0.2) is 22.2 Å². The second-order valence-corrected chi connectivity index (χ2v) is 3.74. The van der Waals surface area contributed by atoms with E-state index in [1.165, 1.54) is 0 Å². The van der Waals surface area contributed by atoms with Gasteiger partial charge in [-0.15, -0.1) is 0 Å². The van der Waals surface area contributed by atoms with Crippen LogP contribution in [0.3, 0.4) is 0 Å². The topological polar surface area (TPSA) is 74.6 Å². The predicted octanol–water partition coefficient (Wildman–Crippen LogP) is 1.52. The molecule has 4 heteroatoms. The van der Waals surface area contributed by atoms with E-state index < -0.39 is 17.9 Å². The number of hydrogen-bond acceptors (Lipinski definition) is 2. The molecule has 1 aliphatic rings. The van der Waals surface area contributed by atoms with Crippen LogP contribution < -0.4 is 0 Å². The lowest BCUT2D eigenvalue weighted by Gasteiger charge is -2.27. The van der Waals surface area contributed by atoms with E-state index in [0.717, 1.165) is 0 Å². The van der Waals surface area contributed by atoms with Crippen molar-refractivity contribution in [1.29, 1.82) is 0 Å². The molecule has 2 unspecified atom stereocenters. The summed E-state index contributed by atoms with van der Waals surface area (Å²) in [6, 6.07) is 0. The highest BCUT2D eigenvalue weighted by Crippen LogP contribution is 2.34. The molecule has 0 radical (unpaired) electrons. The predicted molar refractivity (Wildman–Crippen MR) is 49.9 cm³/mol. The first-order valence-corrected chi connectivity index (χ1v) is 4.61. The largest absolute Gasteiger partial charge is 0.481 e. The Balaban J connectivity index is 2.96. The van der Waals surface area contributed by atoms with Crippen molar-refractivity contribution in [2.24, 2.45) is 11.8 Å². The Morgan fingerprint density at radius 3 is 2.36 bits per heavy atom. The van der Waals surface area contributed by atoms with Crippen molar-refractivity contribution in [1.82, 2.24) is 0 Å². The van der Waals surface area contributed by atoms with Crippen LogP contribution in [0.25, 0.3) is 0 Å². The van der Waals surface area contributed by atoms with E-state index in [2.05, 4.69) is 0 Å². The third-order valence-electron chi connectivity index (χ3n) is 3.04. The maximum atomic E-state index is 10.8. The molecule has 0 heterocycles. The van der Waals surface area contributed by atoms with Crippen LogP contribution in [0.5, 0.6) is 0 Å². The maximum Gasteiger partial charge on any atom is 0.331 e. The third-order valence-corrected chi connectivity index (χ3v) is 3.04. The minimum atomic E-state index is -0.918. The van der Waals surface area contributed by atoms with Gasteiger partial charge in [-0.2, -0.15) is 0 Å². The van der Waals surface area contributed by atoms with Gasteiger partial charge in [0, 0.05) is 5.57 Å². The van der Waals surface area contributed by atoms with Crippen LogP contribution in [0.2, 0.25) is 0 Å². The van der Waals surface area contributed by atoms with Gasteiger partial charge in [-0.05, 0) is 25.7 Å². The molecule has 4 nitrogen and oxygen atoms in total. The quantitative estimate of drug-likeness (QED) is 0.705. The molecule has 0 saturated carbocycles. The zero-order valence-corrected chi connectivity index (χ0v) is 8.28. The Hall–Kier alpha value is -1.32. The van der Waals surface area contributed by atoms with Crippen LogP contribution >= 0.6 is 0 Å². The molecule has 0 aromatic carbocycles. The van der Waals surface area contributed by atoms with Crippen molar-refractivity contribution < 1.29 is 19.8 Å². The van der Waals surface area contributed by atoms with Crippen LogP contribution in [0.4, 0.5) is 0 Å². The standard InChI is InChI=1S/C10H14O4/c1-5-6(2)8(10(13)14)4-3-7(5)9(11)12/h5,7H,3-4H2,1-2H3,(H,11,12)(H,13,14). The van der Waals surface area contributed by atoms with Gasteiger partial charge in [-0.3, -0.25) is 4.79 Å². The van der Waals surface area contributed by atoms with Gasteiger partial charge in [0.25, 0.3) is 0 Å². The fourth-order valence-corrected chi connectivity index (χ4v) is 1.94. The van der Waals surface area contributed by atoms with Gasteiger partial charge in [-0.1, -0.05) is 12.5 Å². The summed E-state index contributed by atoms with van der Waals surface area (Å²) in [4.78, 5) is 21.6. The minimum absolute atomic E-state index is 0.174. The molecule has 1 rings (SSSR count). The number of rotatable bonds is 2. The van der Waals surface area contributed by atoms with Crippen molar-refractivity contribution in [2.45, 2.75) is 26.7 Å². The highest BCUT2D eigenvalue weighted by molar-refractivity contribution is 5.88.